The van der Waals surface area contributed by atoms with Crippen LogP contribution >= 0.6 is 0 Å². The lowest BCUT2D eigenvalue weighted by Gasteiger charge is -2.08. The fraction of sp³-hybridized carbons (Fsp3) is 0.875. The van der Waals surface area contributed by atoms with E-state index in [-0.39, 0.29) is 17.5 Å². The fourth-order valence-corrected chi connectivity index (χ4v) is 1.66. The number of hydrogen-bond acceptors (Lipinski definition) is 4. The molecule has 0 bridgehead atoms. The first-order chi connectivity index (χ1) is 5.87. The molecule has 1 atom stereocenters. The highest BCUT2D eigenvalue weighted by Gasteiger charge is 2.17. The summed E-state index contributed by atoms with van der Waals surface area (Å²) in [6.07, 6.45) is 1.64. The molecule has 1 unspecified atom stereocenters. The maximum absolute atomic E-state index is 11.2. The van der Waals surface area contributed by atoms with E-state index >= 15 is 0 Å². The van der Waals surface area contributed by atoms with E-state index in [4.69, 9.17) is 4.74 Å². The van der Waals surface area contributed by atoms with Gasteiger partial charge in [-0.3, -0.25) is 4.79 Å². The zero-order valence-corrected chi connectivity index (χ0v) is 9.06. The van der Waals surface area contributed by atoms with Crippen LogP contribution in [-0.2, 0) is 19.4 Å². The van der Waals surface area contributed by atoms with E-state index in [1.165, 1.54) is 0 Å². The smallest absolute Gasteiger partial charge is 0.154 e. The van der Waals surface area contributed by atoms with Crippen LogP contribution in [0.25, 0.3) is 0 Å². The fourth-order valence-electron chi connectivity index (χ4n) is 0.856. The number of hydrogen-bond donors (Lipinski definition) is 0. The van der Waals surface area contributed by atoms with E-state index in [0.29, 0.717) is 13.0 Å². The summed E-state index contributed by atoms with van der Waals surface area (Å²) >= 11 is 0. The summed E-state index contributed by atoms with van der Waals surface area (Å²) < 4.78 is 26.3. The van der Waals surface area contributed by atoms with Gasteiger partial charge < -0.3 is 4.74 Å². The molecule has 0 saturated heterocycles. The number of sulfone groups is 1. The van der Waals surface area contributed by atoms with Crippen molar-refractivity contribution in [2.75, 3.05) is 25.7 Å². The standard InChI is InChI=1S/C8H16O4S/c1-7(4-5-12-2)8(9)6-13(3,10)11/h7H,4-6H2,1-3H3. The van der Waals surface area contributed by atoms with Gasteiger partial charge in [0.1, 0.15) is 5.75 Å². The molecular weight excluding hydrogens is 192 g/mol. The van der Waals surface area contributed by atoms with E-state index < -0.39 is 9.84 Å². The number of rotatable bonds is 6. The molecule has 4 nitrogen and oxygen atoms in total. The van der Waals surface area contributed by atoms with Crippen LogP contribution in [0.15, 0.2) is 0 Å². The summed E-state index contributed by atoms with van der Waals surface area (Å²) in [5.74, 6) is -0.841. The topological polar surface area (TPSA) is 60.4 Å². The van der Waals surface area contributed by atoms with Gasteiger partial charge in [-0.05, 0) is 6.42 Å². The lowest BCUT2D eigenvalue weighted by atomic mass is 10.1. The first-order valence-electron chi connectivity index (χ1n) is 4.06. The highest BCUT2D eigenvalue weighted by molar-refractivity contribution is 7.91. The van der Waals surface area contributed by atoms with Gasteiger partial charge >= 0.3 is 0 Å². The summed E-state index contributed by atoms with van der Waals surface area (Å²) in [4.78, 5) is 11.2. The molecular formula is C8H16O4S. The van der Waals surface area contributed by atoms with Gasteiger partial charge in [0.15, 0.2) is 15.6 Å². The third-order valence-electron chi connectivity index (χ3n) is 1.71. The molecule has 0 aromatic heterocycles. The van der Waals surface area contributed by atoms with E-state index in [0.717, 1.165) is 6.26 Å². The molecule has 0 heterocycles. The average molecular weight is 208 g/mol. The first-order valence-corrected chi connectivity index (χ1v) is 6.12. The molecule has 0 aliphatic rings. The summed E-state index contributed by atoms with van der Waals surface area (Å²) in [6.45, 7) is 2.20. The Bertz CT molecular complexity index is 255. The second kappa shape index (κ2) is 5.34. The van der Waals surface area contributed by atoms with Crippen molar-refractivity contribution < 1.29 is 17.9 Å². The highest BCUT2D eigenvalue weighted by atomic mass is 32.2. The third-order valence-corrected chi connectivity index (χ3v) is 2.52. The van der Waals surface area contributed by atoms with Crippen LogP contribution in [0.4, 0.5) is 0 Å². The van der Waals surface area contributed by atoms with Crippen molar-refractivity contribution in [1.29, 1.82) is 0 Å². The number of methoxy groups -OCH3 is 1. The highest BCUT2D eigenvalue weighted by Crippen LogP contribution is 2.04. The lowest BCUT2D eigenvalue weighted by Crippen LogP contribution is -2.22. The van der Waals surface area contributed by atoms with E-state index in [1.807, 2.05) is 0 Å². The van der Waals surface area contributed by atoms with Crippen molar-refractivity contribution in [3.8, 4) is 0 Å². The number of ether oxygens (including phenoxy) is 1. The van der Waals surface area contributed by atoms with Gasteiger partial charge in [0.25, 0.3) is 0 Å². The molecule has 5 heteroatoms. The van der Waals surface area contributed by atoms with Crippen LogP contribution < -0.4 is 0 Å². The largest absolute Gasteiger partial charge is 0.385 e. The molecule has 0 rings (SSSR count). The monoisotopic (exact) mass is 208 g/mol. The quantitative estimate of drug-likeness (QED) is 0.628. The van der Waals surface area contributed by atoms with Crippen LogP contribution in [0, 0.1) is 5.92 Å². The average Bonchev–Trinajstić information content (AvgIpc) is 1.96. The Kier molecular flexibility index (Phi) is 5.17. The number of Topliss-reactive ketones (excluding diaryl/α,β-unsaturated/α-hetero) is 1. The molecule has 0 fully saturated rings. The van der Waals surface area contributed by atoms with E-state index in [1.54, 1.807) is 14.0 Å². The van der Waals surface area contributed by atoms with Gasteiger partial charge in [-0.15, -0.1) is 0 Å². The summed E-state index contributed by atoms with van der Waals surface area (Å²) in [6, 6.07) is 0. The van der Waals surface area contributed by atoms with Gasteiger partial charge in [0, 0.05) is 25.9 Å². The Hall–Kier alpha value is -0.420. The minimum Gasteiger partial charge on any atom is -0.385 e. The van der Waals surface area contributed by atoms with Gasteiger partial charge in [0.2, 0.25) is 0 Å². The zero-order valence-electron chi connectivity index (χ0n) is 8.24. The second-order valence-corrected chi connectivity index (χ2v) is 5.36. The van der Waals surface area contributed by atoms with Gasteiger partial charge in [-0.1, -0.05) is 6.92 Å². The molecule has 13 heavy (non-hydrogen) atoms. The molecule has 0 saturated carbocycles. The summed E-state index contributed by atoms with van der Waals surface area (Å²) in [7, 11) is -1.63. The van der Waals surface area contributed by atoms with Crippen LogP contribution in [-0.4, -0.2) is 39.9 Å². The normalized spacial score (nSPS) is 14.1. The van der Waals surface area contributed by atoms with Gasteiger partial charge in [-0.25, -0.2) is 8.42 Å². The maximum atomic E-state index is 11.2. The molecule has 0 aromatic rings. The number of carbonyl (C=O) groups is 1. The summed E-state index contributed by atoms with van der Waals surface area (Å²) in [5.41, 5.74) is 0. The van der Waals surface area contributed by atoms with E-state index in [2.05, 4.69) is 0 Å². The SMILES string of the molecule is COCCC(C)C(=O)CS(C)(=O)=O. The number of ketones is 1. The van der Waals surface area contributed by atoms with Crippen molar-refractivity contribution in [3.63, 3.8) is 0 Å². The Labute approximate surface area is 79.2 Å². The van der Waals surface area contributed by atoms with Crippen LogP contribution in [0.1, 0.15) is 13.3 Å². The molecule has 0 radical (unpaired) electrons. The predicted molar refractivity (Wildman–Crippen MR) is 50.4 cm³/mol. The first kappa shape index (κ1) is 12.6. The predicted octanol–water partition coefficient (Wildman–Crippen LogP) is 0.273. The van der Waals surface area contributed by atoms with E-state index in [9.17, 15) is 13.2 Å². The molecule has 0 aromatic carbocycles. The lowest BCUT2D eigenvalue weighted by molar-refractivity contribution is -0.120. The van der Waals surface area contributed by atoms with Crippen molar-refractivity contribution in [2.45, 2.75) is 13.3 Å². The third kappa shape index (κ3) is 6.72. The Morgan fingerprint density at radius 2 is 2.00 bits per heavy atom. The minimum absolute atomic E-state index is 0.237. The van der Waals surface area contributed by atoms with Crippen molar-refractivity contribution in [1.82, 2.24) is 0 Å². The molecule has 0 amide bonds. The molecule has 0 aliphatic carbocycles. The minimum atomic E-state index is -3.18. The second-order valence-electron chi connectivity index (χ2n) is 3.22. The molecule has 0 aliphatic heterocycles. The van der Waals surface area contributed by atoms with Gasteiger partial charge in [0.05, 0.1) is 0 Å². The zero-order chi connectivity index (χ0) is 10.5. The van der Waals surface area contributed by atoms with Crippen LogP contribution in [0.5, 0.6) is 0 Å². The van der Waals surface area contributed by atoms with Crippen molar-refractivity contribution >= 4 is 15.6 Å². The Morgan fingerprint density at radius 3 is 2.38 bits per heavy atom. The van der Waals surface area contributed by atoms with Crippen LogP contribution in [0.3, 0.4) is 0 Å². The number of carbonyl (C=O) groups excluding carboxylic acids is 1. The molecule has 0 spiro atoms. The van der Waals surface area contributed by atoms with Crippen LogP contribution in [0.2, 0.25) is 0 Å². The Morgan fingerprint density at radius 1 is 1.46 bits per heavy atom. The van der Waals surface area contributed by atoms with Crippen molar-refractivity contribution in [3.05, 3.63) is 0 Å². The maximum Gasteiger partial charge on any atom is 0.154 e. The summed E-state index contributed by atoms with van der Waals surface area (Å²) in [5, 5.41) is 0. The Balaban J connectivity index is 3.97. The molecule has 78 valence electrons. The molecule has 0 N–H and O–H groups in total. The van der Waals surface area contributed by atoms with Crippen molar-refractivity contribution in [2.24, 2.45) is 5.92 Å². The van der Waals surface area contributed by atoms with Gasteiger partial charge in [-0.2, -0.15) is 0 Å².